The van der Waals surface area contributed by atoms with E-state index in [0.717, 1.165) is 18.9 Å². The van der Waals surface area contributed by atoms with Gasteiger partial charge in [-0.05, 0) is 38.0 Å². The molecule has 1 aliphatic heterocycles. The summed E-state index contributed by atoms with van der Waals surface area (Å²) >= 11 is 5.77. The predicted molar refractivity (Wildman–Crippen MR) is 80.4 cm³/mol. The van der Waals surface area contributed by atoms with E-state index in [1.165, 1.54) is 12.1 Å². The smallest absolute Gasteiger partial charge is 0.262 e. The molecule has 116 valence electrons. The molecule has 2 rings (SSSR count). The van der Waals surface area contributed by atoms with Crippen LogP contribution in [0.25, 0.3) is 0 Å². The van der Waals surface area contributed by atoms with Crippen LogP contribution in [0.15, 0.2) is 23.1 Å². The van der Waals surface area contributed by atoms with Gasteiger partial charge in [-0.25, -0.2) is 8.42 Å². The summed E-state index contributed by atoms with van der Waals surface area (Å²) in [6, 6.07) is 3.94. The zero-order valence-corrected chi connectivity index (χ0v) is 13.7. The van der Waals surface area contributed by atoms with Crippen LogP contribution < -0.4 is 5.32 Å². The van der Waals surface area contributed by atoms with Gasteiger partial charge in [-0.15, -0.1) is 0 Å². The van der Waals surface area contributed by atoms with E-state index in [0.29, 0.717) is 13.2 Å². The van der Waals surface area contributed by atoms with Gasteiger partial charge >= 0.3 is 0 Å². The van der Waals surface area contributed by atoms with Crippen LogP contribution in [0.4, 0.5) is 0 Å². The molecular formula is C13H15Cl2NO4S. The quantitative estimate of drug-likeness (QED) is 0.846. The molecule has 1 atom stereocenters. The summed E-state index contributed by atoms with van der Waals surface area (Å²) in [7, 11) is 1.28. The zero-order chi connectivity index (χ0) is 15.7. The largest absolute Gasteiger partial charge is 0.373 e. The molecule has 0 spiro atoms. The predicted octanol–water partition coefficient (Wildman–Crippen LogP) is 2.57. The number of hydrogen-bond acceptors (Lipinski definition) is 4. The van der Waals surface area contributed by atoms with Gasteiger partial charge in [-0.1, -0.05) is 11.6 Å². The van der Waals surface area contributed by atoms with Gasteiger partial charge in [-0.3, -0.25) is 4.79 Å². The number of rotatable bonds is 4. The average molecular weight is 352 g/mol. The molecule has 0 aromatic heterocycles. The van der Waals surface area contributed by atoms with E-state index in [1.54, 1.807) is 0 Å². The lowest BCUT2D eigenvalue weighted by Crippen LogP contribution is -2.40. The van der Waals surface area contributed by atoms with Crippen LogP contribution in [0, 0.1) is 0 Å². The first kappa shape index (κ1) is 16.5. The fourth-order valence-corrected chi connectivity index (χ4v) is 3.67. The highest BCUT2D eigenvalue weighted by Gasteiger charge is 2.30. The normalized spacial score (nSPS) is 22.2. The molecule has 0 aliphatic carbocycles. The van der Waals surface area contributed by atoms with E-state index < -0.39 is 15.0 Å². The first-order valence-electron chi connectivity index (χ1n) is 6.38. The Morgan fingerprint density at radius 2 is 2.19 bits per heavy atom. The van der Waals surface area contributed by atoms with Crippen LogP contribution in [-0.4, -0.2) is 33.1 Å². The van der Waals surface area contributed by atoms with Gasteiger partial charge in [0.25, 0.3) is 15.0 Å². The van der Waals surface area contributed by atoms with E-state index in [-0.39, 0.29) is 21.1 Å². The van der Waals surface area contributed by atoms with Crippen LogP contribution in [0.3, 0.4) is 0 Å². The van der Waals surface area contributed by atoms with Crippen molar-refractivity contribution in [1.29, 1.82) is 0 Å². The van der Waals surface area contributed by atoms with Crippen LogP contribution in [0.1, 0.15) is 30.1 Å². The Balaban J connectivity index is 2.13. The number of benzene rings is 1. The first-order chi connectivity index (χ1) is 9.71. The fourth-order valence-electron chi connectivity index (χ4n) is 2.18. The Bertz CT molecular complexity index is 654. The molecule has 8 heteroatoms. The molecule has 5 nitrogen and oxygen atoms in total. The zero-order valence-electron chi connectivity index (χ0n) is 11.4. The Kier molecular flexibility index (Phi) is 4.82. The number of nitrogens with one attached hydrogen (secondary N) is 1. The van der Waals surface area contributed by atoms with Crippen molar-refractivity contribution in [3.63, 3.8) is 0 Å². The van der Waals surface area contributed by atoms with Crippen molar-refractivity contribution >= 4 is 37.2 Å². The molecular weight excluding hydrogens is 337 g/mol. The molecule has 1 amide bonds. The molecule has 0 radical (unpaired) electrons. The van der Waals surface area contributed by atoms with E-state index in [9.17, 15) is 13.2 Å². The lowest BCUT2D eigenvalue weighted by atomic mass is 10.0. The maximum atomic E-state index is 12.1. The highest BCUT2D eigenvalue weighted by Crippen LogP contribution is 2.26. The van der Waals surface area contributed by atoms with Gasteiger partial charge in [0.05, 0.1) is 10.6 Å². The maximum absolute atomic E-state index is 12.1. The summed E-state index contributed by atoms with van der Waals surface area (Å²) in [6.07, 6.45) is 1.83. The standard InChI is InChI=1S/C13H15Cl2NO4S/c1-13(5-2-6-20-13)8-16-12(17)9-3-4-10(14)11(7-9)21(15,18)19/h3-4,7H,2,5-6,8H2,1H3,(H,16,17). The number of ether oxygens (including phenoxy) is 1. The molecule has 0 saturated carbocycles. The van der Waals surface area contributed by atoms with Crippen LogP contribution in [0.2, 0.25) is 5.02 Å². The van der Waals surface area contributed by atoms with Gasteiger partial charge in [0, 0.05) is 29.4 Å². The molecule has 1 aromatic rings. The van der Waals surface area contributed by atoms with Gasteiger partial charge in [0.15, 0.2) is 0 Å². The number of amides is 1. The van der Waals surface area contributed by atoms with Crippen molar-refractivity contribution in [3.8, 4) is 0 Å². The minimum atomic E-state index is -4.00. The molecule has 1 heterocycles. The summed E-state index contributed by atoms with van der Waals surface area (Å²) in [4.78, 5) is 11.8. The first-order valence-corrected chi connectivity index (χ1v) is 9.06. The molecule has 0 bridgehead atoms. The Morgan fingerprint density at radius 1 is 1.48 bits per heavy atom. The summed E-state index contributed by atoms with van der Waals surface area (Å²) in [5, 5.41) is 2.71. The molecule has 1 fully saturated rings. The minimum absolute atomic E-state index is 0.0207. The molecule has 1 saturated heterocycles. The highest BCUT2D eigenvalue weighted by atomic mass is 35.7. The SMILES string of the molecule is CC1(CNC(=O)c2ccc(Cl)c(S(=O)(=O)Cl)c2)CCCO1. The number of carbonyl (C=O) groups is 1. The third kappa shape index (κ3) is 4.10. The molecule has 1 aliphatic rings. The van der Waals surface area contributed by atoms with Crippen LogP contribution in [-0.2, 0) is 13.8 Å². The summed E-state index contributed by atoms with van der Waals surface area (Å²) in [6.45, 7) is 2.97. The van der Waals surface area contributed by atoms with Crippen molar-refractivity contribution < 1.29 is 17.9 Å². The minimum Gasteiger partial charge on any atom is -0.373 e. The number of carbonyl (C=O) groups excluding carboxylic acids is 1. The molecule has 21 heavy (non-hydrogen) atoms. The van der Waals surface area contributed by atoms with Gasteiger partial charge in [-0.2, -0.15) is 0 Å². The summed E-state index contributed by atoms with van der Waals surface area (Å²) in [5.74, 6) is -0.398. The third-order valence-corrected chi connectivity index (χ3v) is 5.18. The lowest BCUT2D eigenvalue weighted by Gasteiger charge is -2.23. The van der Waals surface area contributed by atoms with Crippen molar-refractivity contribution in [3.05, 3.63) is 28.8 Å². The van der Waals surface area contributed by atoms with Gasteiger partial charge in [0.2, 0.25) is 0 Å². The van der Waals surface area contributed by atoms with E-state index >= 15 is 0 Å². The molecule has 1 aromatic carbocycles. The van der Waals surface area contributed by atoms with E-state index in [4.69, 9.17) is 27.0 Å². The van der Waals surface area contributed by atoms with Crippen molar-refractivity contribution in [2.75, 3.05) is 13.2 Å². The highest BCUT2D eigenvalue weighted by molar-refractivity contribution is 8.13. The van der Waals surface area contributed by atoms with Crippen molar-refractivity contribution in [1.82, 2.24) is 5.32 Å². The number of halogens is 2. The second-order valence-corrected chi connectivity index (χ2v) is 8.11. The van der Waals surface area contributed by atoms with E-state index in [1.807, 2.05) is 6.92 Å². The lowest BCUT2D eigenvalue weighted by molar-refractivity contribution is 0.0206. The summed E-state index contributed by atoms with van der Waals surface area (Å²) in [5.41, 5.74) is -0.191. The van der Waals surface area contributed by atoms with Gasteiger partial charge < -0.3 is 10.1 Å². The topological polar surface area (TPSA) is 72.5 Å². The number of hydrogen-bond donors (Lipinski definition) is 1. The second-order valence-electron chi connectivity index (χ2n) is 5.17. The maximum Gasteiger partial charge on any atom is 0.262 e. The molecule has 1 unspecified atom stereocenters. The monoisotopic (exact) mass is 351 g/mol. The Labute approximate surface area is 133 Å². The van der Waals surface area contributed by atoms with Crippen LogP contribution >= 0.6 is 22.3 Å². The van der Waals surface area contributed by atoms with Crippen molar-refractivity contribution in [2.45, 2.75) is 30.3 Å². The Hall–Kier alpha value is -0.820. The fraction of sp³-hybridized carbons (Fsp3) is 0.462. The average Bonchev–Trinajstić information content (AvgIpc) is 2.83. The van der Waals surface area contributed by atoms with Crippen molar-refractivity contribution in [2.24, 2.45) is 0 Å². The second kappa shape index (κ2) is 6.12. The Morgan fingerprint density at radius 3 is 2.76 bits per heavy atom. The van der Waals surface area contributed by atoms with Gasteiger partial charge in [0.1, 0.15) is 4.90 Å². The third-order valence-electron chi connectivity index (χ3n) is 3.38. The molecule has 1 N–H and O–H groups in total. The summed E-state index contributed by atoms with van der Waals surface area (Å²) < 4.78 is 28.3. The van der Waals surface area contributed by atoms with Crippen LogP contribution in [0.5, 0.6) is 0 Å². The van der Waals surface area contributed by atoms with E-state index in [2.05, 4.69) is 5.32 Å².